The number of benzene rings is 2. The van der Waals surface area contributed by atoms with Gasteiger partial charge in [0.2, 0.25) is 5.76 Å². The van der Waals surface area contributed by atoms with Gasteiger partial charge < -0.3 is 19.4 Å². The summed E-state index contributed by atoms with van der Waals surface area (Å²) in [5, 5.41) is 4.27. The van der Waals surface area contributed by atoms with Crippen LogP contribution in [-0.4, -0.2) is 32.1 Å². The first kappa shape index (κ1) is 15.7. The number of esters is 1. The van der Waals surface area contributed by atoms with Crippen molar-refractivity contribution in [2.75, 3.05) is 31.1 Å². The molecular weight excluding hydrogens is 316 g/mol. The molecule has 5 heteroatoms. The van der Waals surface area contributed by atoms with Gasteiger partial charge in [-0.2, -0.15) is 0 Å². The van der Waals surface area contributed by atoms with Crippen molar-refractivity contribution in [1.29, 1.82) is 0 Å². The predicted molar refractivity (Wildman–Crippen MR) is 96.9 cm³/mol. The zero-order valence-corrected chi connectivity index (χ0v) is 13.9. The lowest BCUT2D eigenvalue weighted by atomic mass is 10.2. The maximum Gasteiger partial charge on any atom is 0.374 e. The van der Waals surface area contributed by atoms with Crippen LogP contribution >= 0.6 is 0 Å². The van der Waals surface area contributed by atoms with E-state index in [1.807, 2.05) is 42.5 Å². The largest absolute Gasteiger partial charge is 0.455 e. The molecule has 1 saturated heterocycles. The molecule has 0 saturated carbocycles. The Morgan fingerprint density at radius 1 is 1.08 bits per heavy atom. The summed E-state index contributed by atoms with van der Waals surface area (Å²) >= 11 is 0. The number of rotatable bonds is 4. The molecule has 128 valence electrons. The Hall–Kier alpha value is -2.79. The lowest BCUT2D eigenvalue weighted by molar-refractivity contribution is 0.0439. The van der Waals surface area contributed by atoms with Crippen LogP contribution in [0.2, 0.25) is 0 Å². The quantitative estimate of drug-likeness (QED) is 0.742. The van der Waals surface area contributed by atoms with Gasteiger partial charge in [0.15, 0.2) is 0 Å². The number of furan rings is 1. The summed E-state index contributed by atoms with van der Waals surface area (Å²) in [5.41, 5.74) is 2.80. The molecule has 2 heterocycles. The average Bonchev–Trinajstić information content (AvgIpc) is 3.11. The third-order valence-electron chi connectivity index (χ3n) is 4.40. The van der Waals surface area contributed by atoms with Crippen molar-refractivity contribution >= 4 is 22.6 Å². The minimum atomic E-state index is -0.441. The van der Waals surface area contributed by atoms with Crippen LogP contribution in [0.1, 0.15) is 16.1 Å². The van der Waals surface area contributed by atoms with Crippen LogP contribution in [0.15, 0.2) is 59.0 Å². The minimum absolute atomic E-state index is 0.239. The van der Waals surface area contributed by atoms with Gasteiger partial charge in [-0.25, -0.2) is 4.79 Å². The Morgan fingerprint density at radius 3 is 2.68 bits per heavy atom. The Balaban J connectivity index is 1.49. The summed E-state index contributed by atoms with van der Waals surface area (Å²) in [6.07, 6.45) is 0. The SMILES string of the molecule is O=C(OCc1ccccc1)c1cc2cc(N3CCNCC3)ccc2o1. The number of hydrogen-bond acceptors (Lipinski definition) is 5. The molecule has 0 bridgehead atoms. The van der Waals surface area contributed by atoms with Crippen LogP contribution in [0.25, 0.3) is 11.0 Å². The van der Waals surface area contributed by atoms with E-state index in [0.29, 0.717) is 5.58 Å². The lowest BCUT2D eigenvalue weighted by Crippen LogP contribution is -2.43. The standard InChI is InChI=1S/C20H20N2O3/c23-20(24-14-15-4-2-1-3-5-15)19-13-16-12-17(6-7-18(16)25-19)22-10-8-21-9-11-22/h1-7,12-13,21H,8-11,14H2. The first-order chi connectivity index (χ1) is 12.3. The molecule has 1 aliphatic heterocycles. The van der Waals surface area contributed by atoms with E-state index in [1.54, 1.807) is 6.07 Å². The van der Waals surface area contributed by atoms with E-state index in [2.05, 4.69) is 16.3 Å². The maximum absolute atomic E-state index is 12.2. The molecular formula is C20H20N2O3. The highest BCUT2D eigenvalue weighted by Gasteiger charge is 2.16. The molecule has 0 unspecified atom stereocenters. The third-order valence-corrected chi connectivity index (χ3v) is 4.40. The minimum Gasteiger partial charge on any atom is -0.455 e. The number of nitrogens with one attached hydrogen (secondary N) is 1. The second kappa shape index (κ2) is 6.99. The Kier molecular flexibility index (Phi) is 4.39. The van der Waals surface area contributed by atoms with E-state index in [-0.39, 0.29) is 12.4 Å². The van der Waals surface area contributed by atoms with Gasteiger partial charge in [-0.05, 0) is 29.8 Å². The highest BCUT2D eigenvalue weighted by Crippen LogP contribution is 2.26. The van der Waals surface area contributed by atoms with Gasteiger partial charge in [0.05, 0.1) is 0 Å². The number of piperazine rings is 1. The van der Waals surface area contributed by atoms with Crippen LogP contribution in [0.3, 0.4) is 0 Å². The summed E-state index contributed by atoms with van der Waals surface area (Å²) in [4.78, 5) is 14.6. The molecule has 0 amide bonds. The molecule has 0 atom stereocenters. The third kappa shape index (κ3) is 3.51. The Labute approximate surface area is 146 Å². The molecule has 0 spiro atoms. The van der Waals surface area contributed by atoms with E-state index in [4.69, 9.17) is 9.15 Å². The second-order valence-corrected chi connectivity index (χ2v) is 6.13. The predicted octanol–water partition coefficient (Wildman–Crippen LogP) is 3.20. The van der Waals surface area contributed by atoms with E-state index in [9.17, 15) is 4.79 Å². The van der Waals surface area contributed by atoms with Crippen molar-refractivity contribution < 1.29 is 13.9 Å². The number of hydrogen-bond donors (Lipinski definition) is 1. The fourth-order valence-corrected chi connectivity index (χ4v) is 3.05. The molecule has 3 aromatic rings. The highest BCUT2D eigenvalue weighted by molar-refractivity contribution is 5.93. The van der Waals surface area contributed by atoms with Crippen molar-refractivity contribution in [2.24, 2.45) is 0 Å². The Morgan fingerprint density at radius 2 is 1.88 bits per heavy atom. The van der Waals surface area contributed by atoms with E-state index in [0.717, 1.165) is 42.8 Å². The van der Waals surface area contributed by atoms with Gasteiger partial charge in [-0.15, -0.1) is 0 Å². The molecule has 1 N–H and O–H groups in total. The number of carbonyl (C=O) groups excluding carboxylic acids is 1. The van der Waals surface area contributed by atoms with Crippen LogP contribution < -0.4 is 10.2 Å². The van der Waals surface area contributed by atoms with E-state index in [1.165, 1.54) is 0 Å². The molecule has 4 rings (SSSR count). The molecule has 1 aliphatic rings. The number of anilines is 1. The Bertz CT molecular complexity index is 867. The normalized spacial score (nSPS) is 14.6. The van der Waals surface area contributed by atoms with Gasteiger partial charge in [-0.1, -0.05) is 30.3 Å². The second-order valence-electron chi connectivity index (χ2n) is 6.13. The van der Waals surface area contributed by atoms with Crippen molar-refractivity contribution in [3.8, 4) is 0 Å². The van der Waals surface area contributed by atoms with Gasteiger partial charge in [0.1, 0.15) is 12.2 Å². The van der Waals surface area contributed by atoms with Crippen LogP contribution in [0.5, 0.6) is 0 Å². The van der Waals surface area contributed by atoms with Gasteiger partial charge in [-0.3, -0.25) is 0 Å². The molecule has 1 aromatic heterocycles. The van der Waals surface area contributed by atoms with Crippen molar-refractivity contribution in [3.63, 3.8) is 0 Å². The van der Waals surface area contributed by atoms with Gasteiger partial charge >= 0.3 is 5.97 Å². The number of nitrogens with zero attached hydrogens (tertiary/aromatic N) is 1. The monoisotopic (exact) mass is 336 g/mol. The van der Waals surface area contributed by atoms with Crippen molar-refractivity contribution in [1.82, 2.24) is 5.32 Å². The lowest BCUT2D eigenvalue weighted by Gasteiger charge is -2.29. The first-order valence-electron chi connectivity index (χ1n) is 8.50. The van der Waals surface area contributed by atoms with Crippen LogP contribution in [0.4, 0.5) is 5.69 Å². The van der Waals surface area contributed by atoms with Crippen molar-refractivity contribution in [3.05, 3.63) is 65.9 Å². The first-order valence-corrected chi connectivity index (χ1v) is 8.50. The number of carbonyl (C=O) groups is 1. The number of ether oxygens (including phenoxy) is 1. The fraction of sp³-hybridized carbons (Fsp3) is 0.250. The fourth-order valence-electron chi connectivity index (χ4n) is 3.05. The average molecular weight is 336 g/mol. The van der Waals surface area contributed by atoms with Gasteiger partial charge in [0.25, 0.3) is 0 Å². The van der Waals surface area contributed by atoms with Crippen LogP contribution in [-0.2, 0) is 11.3 Å². The summed E-state index contributed by atoms with van der Waals surface area (Å²) in [6.45, 7) is 4.17. The van der Waals surface area contributed by atoms with Crippen molar-refractivity contribution in [2.45, 2.75) is 6.61 Å². The van der Waals surface area contributed by atoms with E-state index < -0.39 is 5.97 Å². The zero-order valence-electron chi connectivity index (χ0n) is 13.9. The summed E-state index contributed by atoms with van der Waals surface area (Å²) in [6, 6.07) is 17.4. The summed E-state index contributed by atoms with van der Waals surface area (Å²) in [5.74, 6) is -0.202. The molecule has 5 nitrogen and oxygen atoms in total. The molecule has 2 aromatic carbocycles. The maximum atomic E-state index is 12.2. The molecule has 25 heavy (non-hydrogen) atoms. The molecule has 0 aliphatic carbocycles. The zero-order chi connectivity index (χ0) is 17.1. The number of fused-ring (bicyclic) bond motifs is 1. The summed E-state index contributed by atoms with van der Waals surface area (Å²) in [7, 11) is 0. The molecule has 0 radical (unpaired) electrons. The van der Waals surface area contributed by atoms with Crippen LogP contribution in [0, 0.1) is 0 Å². The topological polar surface area (TPSA) is 54.7 Å². The molecule has 1 fully saturated rings. The highest BCUT2D eigenvalue weighted by atomic mass is 16.5. The smallest absolute Gasteiger partial charge is 0.374 e. The summed E-state index contributed by atoms with van der Waals surface area (Å²) < 4.78 is 11.0. The van der Waals surface area contributed by atoms with E-state index >= 15 is 0 Å². The van der Waals surface area contributed by atoms with Gasteiger partial charge in [0, 0.05) is 37.3 Å².